The number of benzene rings is 2. The van der Waals surface area contributed by atoms with Crippen LogP contribution in [0.1, 0.15) is 30.4 Å². The Morgan fingerprint density at radius 1 is 1.15 bits per heavy atom. The van der Waals surface area contributed by atoms with E-state index < -0.39 is 5.92 Å². The number of ether oxygens (including phenoxy) is 2. The van der Waals surface area contributed by atoms with Crippen LogP contribution in [0.15, 0.2) is 47.6 Å². The van der Waals surface area contributed by atoms with Crippen molar-refractivity contribution in [3.8, 4) is 11.5 Å². The van der Waals surface area contributed by atoms with Crippen molar-refractivity contribution in [3.63, 3.8) is 0 Å². The summed E-state index contributed by atoms with van der Waals surface area (Å²) in [6.07, 6.45) is -0.0218. The largest absolute Gasteiger partial charge is 0.493 e. The number of hydrazone groups is 1. The highest BCUT2D eigenvalue weighted by molar-refractivity contribution is 6.06. The maximum Gasteiger partial charge on any atom is 0.248 e. The standard InChI is InChI=1S/C20H21N3O4/c1-12-14-9-17(26-2)18(27-3)10-15(14)16(20(25)23-22-12)11-19(24)21-13-7-5-4-6-8-13/h4-10,16H,11H2,1-3H3,(H,21,24)(H,23,25)/t16-/m0/s1. The molecular weight excluding hydrogens is 346 g/mol. The van der Waals surface area contributed by atoms with Crippen molar-refractivity contribution in [1.82, 2.24) is 5.43 Å². The molecule has 3 rings (SSSR count). The van der Waals surface area contributed by atoms with E-state index in [2.05, 4.69) is 15.8 Å². The van der Waals surface area contributed by atoms with Gasteiger partial charge in [-0.25, -0.2) is 5.43 Å². The fourth-order valence-corrected chi connectivity index (χ4v) is 3.04. The van der Waals surface area contributed by atoms with Gasteiger partial charge in [0.2, 0.25) is 11.8 Å². The normalized spacial score (nSPS) is 15.7. The first-order valence-electron chi connectivity index (χ1n) is 8.48. The number of para-hydroxylation sites is 1. The molecule has 1 atom stereocenters. The number of nitrogens with zero attached hydrogens (tertiary/aromatic N) is 1. The Bertz CT molecular complexity index is 894. The van der Waals surface area contributed by atoms with Crippen LogP contribution < -0.4 is 20.2 Å². The summed E-state index contributed by atoms with van der Waals surface area (Å²) in [7, 11) is 3.07. The van der Waals surface area contributed by atoms with Crippen molar-refractivity contribution < 1.29 is 19.1 Å². The molecule has 0 fully saturated rings. The number of rotatable bonds is 5. The molecule has 2 amide bonds. The molecule has 27 heavy (non-hydrogen) atoms. The molecule has 0 unspecified atom stereocenters. The van der Waals surface area contributed by atoms with Crippen LogP contribution in [0.25, 0.3) is 0 Å². The van der Waals surface area contributed by atoms with Crippen molar-refractivity contribution in [2.75, 3.05) is 19.5 Å². The van der Waals surface area contributed by atoms with Crippen LogP contribution >= 0.6 is 0 Å². The lowest BCUT2D eigenvalue weighted by Gasteiger charge is -2.18. The number of anilines is 1. The molecule has 0 aromatic heterocycles. The first kappa shape index (κ1) is 18.4. The molecule has 0 bridgehead atoms. The minimum atomic E-state index is -0.704. The summed E-state index contributed by atoms with van der Waals surface area (Å²) < 4.78 is 10.7. The zero-order valence-corrected chi connectivity index (χ0v) is 15.4. The van der Waals surface area contributed by atoms with Gasteiger partial charge >= 0.3 is 0 Å². The van der Waals surface area contributed by atoms with E-state index in [0.29, 0.717) is 28.5 Å². The van der Waals surface area contributed by atoms with Gasteiger partial charge in [-0.1, -0.05) is 18.2 Å². The van der Waals surface area contributed by atoms with Crippen molar-refractivity contribution in [1.29, 1.82) is 0 Å². The number of carbonyl (C=O) groups excluding carboxylic acids is 2. The van der Waals surface area contributed by atoms with Crippen LogP contribution in [0.2, 0.25) is 0 Å². The van der Waals surface area contributed by atoms with Gasteiger partial charge < -0.3 is 14.8 Å². The summed E-state index contributed by atoms with van der Waals surface area (Å²) in [6, 6.07) is 12.6. The maximum absolute atomic E-state index is 12.6. The van der Waals surface area contributed by atoms with Gasteiger partial charge in [0.25, 0.3) is 0 Å². The Morgan fingerprint density at radius 2 is 1.81 bits per heavy atom. The van der Waals surface area contributed by atoms with Gasteiger partial charge in [0.1, 0.15) is 0 Å². The second-order valence-corrected chi connectivity index (χ2v) is 6.14. The number of carbonyl (C=O) groups is 2. The Hall–Kier alpha value is -3.35. The van der Waals surface area contributed by atoms with E-state index >= 15 is 0 Å². The summed E-state index contributed by atoms with van der Waals surface area (Å²) in [5.74, 6) is -0.283. The number of nitrogens with one attached hydrogen (secondary N) is 2. The lowest BCUT2D eigenvalue weighted by Crippen LogP contribution is -2.28. The van der Waals surface area contributed by atoms with Gasteiger partial charge in [-0.2, -0.15) is 5.10 Å². The predicted molar refractivity (Wildman–Crippen MR) is 102 cm³/mol. The van der Waals surface area contributed by atoms with E-state index in [-0.39, 0.29) is 18.2 Å². The Labute approximate surface area is 157 Å². The van der Waals surface area contributed by atoms with Gasteiger partial charge in [0.05, 0.1) is 25.8 Å². The quantitative estimate of drug-likeness (QED) is 0.850. The molecule has 140 valence electrons. The van der Waals surface area contributed by atoms with Crippen LogP contribution in [-0.4, -0.2) is 31.7 Å². The first-order chi connectivity index (χ1) is 13.0. The van der Waals surface area contributed by atoms with E-state index in [1.54, 1.807) is 38.3 Å². The molecule has 0 saturated heterocycles. The third-order valence-electron chi connectivity index (χ3n) is 4.42. The number of methoxy groups -OCH3 is 2. The molecule has 7 heteroatoms. The van der Waals surface area contributed by atoms with Crippen LogP contribution in [0, 0.1) is 0 Å². The number of amides is 2. The molecule has 1 aliphatic heterocycles. The van der Waals surface area contributed by atoms with Gasteiger partial charge in [0.15, 0.2) is 11.5 Å². The van der Waals surface area contributed by atoms with Crippen molar-refractivity contribution in [2.24, 2.45) is 5.10 Å². The van der Waals surface area contributed by atoms with Crippen LogP contribution in [0.3, 0.4) is 0 Å². The number of hydrogen-bond acceptors (Lipinski definition) is 5. The highest BCUT2D eigenvalue weighted by Crippen LogP contribution is 2.36. The maximum atomic E-state index is 12.6. The van der Waals surface area contributed by atoms with E-state index in [4.69, 9.17) is 9.47 Å². The molecule has 2 aromatic rings. The molecule has 0 radical (unpaired) electrons. The molecule has 0 aliphatic carbocycles. The second kappa shape index (κ2) is 7.90. The summed E-state index contributed by atoms with van der Waals surface area (Å²) in [5, 5.41) is 6.92. The van der Waals surface area contributed by atoms with Gasteiger partial charge in [0, 0.05) is 17.7 Å². The lowest BCUT2D eigenvalue weighted by atomic mass is 9.89. The third-order valence-corrected chi connectivity index (χ3v) is 4.42. The number of hydrogen-bond donors (Lipinski definition) is 2. The molecule has 1 aliphatic rings. The molecule has 7 nitrogen and oxygen atoms in total. The van der Waals surface area contributed by atoms with Crippen molar-refractivity contribution >= 4 is 23.2 Å². The molecule has 0 saturated carbocycles. The highest BCUT2D eigenvalue weighted by Gasteiger charge is 2.30. The first-order valence-corrected chi connectivity index (χ1v) is 8.48. The van der Waals surface area contributed by atoms with E-state index in [1.807, 2.05) is 18.2 Å². The van der Waals surface area contributed by atoms with Crippen LogP contribution in [-0.2, 0) is 9.59 Å². The highest BCUT2D eigenvalue weighted by atomic mass is 16.5. The van der Waals surface area contributed by atoms with Crippen molar-refractivity contribution in [2.45, 2.75) is 19.3 Å². The summed E-state index contributed by atoms with van der Waals surface area (Å²) in [4.78, 5) is 25.1. The van der Waals surface area contributed by atoms with Crippen LogP contribution in [0.5, 0.6) is 11.5 Å². The third kappa shape index (κ3) is 3.92. The molecule has 2 aromatic carbocycles. The molecule has 1 heterocycles. The summed E-state index contributed by atoms with van der Waals surface area (Å²) in [6.45, 7) is 1.79. The average Bonchev–Trinajstić information content (AvgIpc) is 2.79. The smallest absolute Gasteiger partial charge is 0.248 e. The second-order valence-electron chi connectivity index (χ2n) is 6.14. The predicted octanol–water partition coefficient (Wildman–Crippen LogP) is 2.67. The fourth-order valence-electron chi connectivity index (χ4n) is 3.04. The number of fused-ring (bicyclic) bond motifs is 1. The minimum Gasteiger partial charge on any atom is -0.493 e. The van der Waals surface area contributed by atoms with Gasteiger partial charge in [-0.15, -0.1) is 0 Å². The van der Waals surface area contributed by atoms with E-state index in [0.717, 1.165) is 5.56 Å². The lowest BCUT2D eigenvalue weighted by molar-refractivity contribution is -0.125. The monoisotopic (exact) mass is 367 g/mol. The zero-order valence-electron chi connectivity index (χ0n) is 15.4. The average molecular weight is 367 g/mol. The van der Waals surface area contributed by atoms with E-state index in [9.17, 15) is 9.59 Å². The molecule has 0 spiro atoms. The SMILES string of the molecule is COc1cc2c(cc1OC)[C@H](CC(=O)Nc1ccccc1)C(=O)NN=C2C. The Balaban J connectivity index is 1.94. The molecular formula is C20H21N3O4. The van der Waals surface area contributed by atoms with Gasteiger partial charge in [-0.05, 0) is 36.8 Å². The zero-order chi connectivity index (χ0) is 19.4. The summed E-state index contributed by atoms with van der Waals surface area (Å²) in [5.41, 5.74) is 5.24. The van der Waals surface area contributed by atoms with E-state index in [1.165, 1.54) is 7.11 Å². The fraction of sp³-hybridized carbons (Fsp3) is 0.250. The van der Waals surface area contributed by atoms with Gasteiger partial charge in [-0.3, -0.25) is 9.59 Å². The van der Waals surface area contributed by atoms with Crippen LogP contribution in [0.4, 0.5) is 5.69 Å². The summed E-state index contributed by atoms with van der Waals surface area (Å²) >= 11 is 0. The van der Waals surface area contributed by atoms with Crippen molar-refractivity contribution in [3.05, 3.63) is 53.6 Å². The topological polar surface area (TPSA) is 89.0 Å². The minimum absolute atomic E-state index is 0.0218. The molecule has 2 N–H and O–H groups in total. The Morgan fingerprint density at radius 3 is 2.48 bits per heavy atom. The Kier molecular flexibility index (Phi) is 5.40.